The van der Waals surface area contributed by atoms with Crippen molar-refractivity contribution in [3.05, 3.63) is 89.7 Å². The van der Waals surface area contributed by atoms with Gasteiger partial charge in [0.05, 0.1) is 13.7 Å². The molecule has 0 bridgehead atoms. The smallest absolute Gasteiger partial charge is 0.258 e. The summed E-state index contributed by atoms with van der Waals surface area (Å²) in [7, 11) is 1.57. The van der Waals surface area contributed by atoms with Gasteiger partial charge in [0.15, 0.2) is 0 Å². The van der Waals surface area contributed by atoms with Crippen molar-refractivity contribution in [2.75, 3.05) is 12.4 Å². The van der Waals surface area contributed by atoms with Crippen LogP contribution in [0.15, 0.2) is 78.0 Å². The van der Waals surface area contributed by atoms with Crippen LogP contribution < -0.4 is 15.4 Å². The summed E-state index contributed by atoms with van der Waals surface area (Å²) >= 11 is 0. The highest BCUT2D eigenvalue weighted by Gasteiger charge is 2.10. The summed E-state index contributed by atoms with van der Waals surface area (Å²) < 4.78 is 5.19. The molecule has 0 fully saturated rings. The second kappa shape index (κ2) is 9.32. The topological polar surface area (TPSA) is 75.6 Å². The summed E-state index contributed by atoms with van der Waals surface area (Å²) in [5.74, 6) is 0.706. The molecule has 2 aromatic carbocycles. The maximum absolute atomic E-state index is 12.7. The van der Waals surface area contributed by atoms with E-state index < -0.39 is 0 Å². The number of carbonyl (C=O) groups excluding carboxylic acids is 1. The van der Waals surface area contributed by atoms with E-state index in [1.54, 1.807) is 43.8 Å². The number of methoxy groups -OCH3 is 1. The van der Waals surface area contributed by atoms with Gasteiger partial charge in [0.25, 0.3) is 5.91 Å². The lowest BCUT2D eigenvalue weighted by atomic mass is 10.2. The van der Waals surface area contributed by atoms with Crippen LogP contribution in [0.4, 0.5) is 5.69 Å². The fourth-order valence-corrected chi connectivity index (χ4v) is 2.49. The number of carbonyl (C=O) groups is 1. The van der Waals surface area contributed by atoms with E-state index in [1.165, 1.54) is 0 Å². The Morgan fingerprint density at radius 2 is 1.93 bits per heavy atom. The predicted octanol–water partition coefficient (Wildman–Crippen LogP) is 3.80. The van der Waals surface area contributed by atoms with E-state index in [-0.39, 0.29) is 5.91 Å². The molecule has 0 spiro atoms. The Morgan fingerprint density at radius 1 is 1.11 bits per heavy atom. The molecule has 3 rings (SSSR count). The average Bonchev–Trinajstić information content (AvgIpc) is 2.74. The van der Waals surface area contributed by atoms with E-state index >= 15 is 0 Å². The van der Waals surface area contributed by atoms with Crippen molar-refractivity contribution in [1.29, 1.82) is 0 Å². The molecule has 0 unspecified atom stereocenters. The van der Waals surface area contributed by atoms with Crippen molar-refractivity contribution in [2.24, 2.45) is 4.99 Å². The third-order valence-corrected chi connectivity index (χ3v) is 4.02. The van der Waals surface area contributed by atoms with Crippen molar-refractivity contribution in [3.63, 3.8) is 0 Å². The van der Waals surface area contributed by atoms with Gasteiger partial charge in [0, 0.05) is 23.6 Å². The number of aryl methyl sites for hydroxylation is 1. The molecular formula is C22H22N4O2. The molecule has 1 heterocycles. The number of nitrogens with zero attached hydrogens (tertiary/aromatic N) is 2. The molecule has 6 nitrogen and oxygen atoms in total. The van der Waals surface area contributed by atoms with Gasteiger partial charge in [0.2, 0.25) is 5.96 Å². The van der Waals surface area contributed by atoms with Crippen LogP contribution in [0.1, 0.15) is 21.5 Å². The number of hydrogen-bond acceptors (Lipinski definition) is 4. The van der Waals surface area contributed by atoms with Gasteiger partial charge in [-0.05, 0) is 48.9 Å². The number of guanidine groups is 1. The Morgan fingerprint density at radius 3 is 2.64 bits per heavy atom. The highest BCUT2D eigenvalue weighted by atomic mass is 16.5. The maximum Gasteiger partial charge on any atom is 0.258 e. The van der Waals surface area contributed by atoms with Gasteiger partial charge in [-0.15, -0.1) is 0 Å². The van der Waals surface area contributed by atoms with Gasteiger partial charge in [-0.1, -0.05) is 29.8 Å². The number of anilines is 1. The molecule has 0 saturated carbocycles. The zero-order valence-electron chi connectivity index (χ0n) is 15.8. The second-order valence-corrected chi connectivity index (χ2v) is 6.20. The number of amides is 1. The molecule has 0 saturated heterocycles. The quantitative estimate of drug-likeness (QED) is 0.526. The van der Waals surface area contributed by atoms with Crippen LogP contribution in [0.5, 0.6) is 5.75 Å². The predicted molar refractivity (Wildman–Crippen MR) is 111 cm³/mol. The first-order chi connectivity index (χ1) is 13.6. The van der Waals surface area contributed by atoms with Crippen molar-refractivity contribution < 1.29 is 9.53 Å². The van der Waals surface area contributed by atoms with E-state index in [0.717, 1.165) is 16.8 Å². The summed E-state index contributed by atoms with van der Waals surface area (Å²) in [5, 5.41) is 6.01. The molecule has 0 atom stereocenters. The maximum atomic E-state index is 12.7. The highest BCUT2D eigenvalue weighted by Crippen LogP contribution is 2.13. The second-order valence-electron chi connectivity index (χ2n) is 6.20. The minimum atomic E-state index is -0.275. The zero-order valence-corrected chi connectivity index (χ0v) is 15.8. The van der Waals surface area contributed by atoms with E-state index in [0.29, 0.717) is 23.8 Å². The highest BCUT2D eigenvalue weighted by molar-refractivity contribution is 6.10. The molecule has 0 aliphatic heterocycles. The summed E-state index contributed by atoms with van der Waals surface area (Å²) in [4.78, 5) is 21.3. The lowest BCUT2D eigenvalue weighted by molar-refractivity contribution is 0.0976. The summed E-state index contributed by atoms with van der Waals surface area (Å²) in [6, 6.07) is 18.6. The Hall–Kier alpha value is -3.67. The Kier molecular flexibility index (Phi) is 6.36. The van der Waals surface area contributed by atoms with Crippen molar-refractivity contribution >= 4 is 17.6 Å². The third-order valence-electron chi connectivity index (χ3n) is 4.02. The largest absolute Gasteiger partial charge is 0.497 e. The minimum absolute atomic E-state index is 0.275. The molecule has 28 heavy (non-hydrogen) atoms. The van der Waals surface area contributed by atoms with Crippen molar-refractivity contribution in [3.8, 4) is 5.75 Å². The van der Waals surface area contributed by atoms with Crippen LogP contribution in [0, 0.1) is 6.92 Å². The first-order valence-corrected chi connectivity index (χ1v) is 8.86. The van der Waals surface area contributed by atoms with Crippen LogP contribution in [-0.2, 0) is 6.54 Å². The van der Waals surface area contributed by atoms with Gasteiger partial charge < -0.3 is 10.1 Å². The van der Waals surface area contributed by atoms with Crippen molar-refractivity contribution in [1.82, 2.24) is 10.3 Å². The van der Waals surface area contributed by atoms with E-state index in [4.69, 9.17) is 4.74 Å². The Labute approximate surface area is 164 Å². The van der Waals surface area contributed by atoms with Crippen LogP contribution >= 0.6 is 0 Å². The summed E-state index contributed by atoms with van der Waals surface area (Å²) in [5.41, 5.74) is 3.42. The van der Waals surface area contributed by atoms with Gasteiger partial charge in [-0.3, -0.25) is 15.1 Å². The zero-order chi connectivity index (χ0) is 19.8. The summed E-state index contributed by atoms with van der Waals surface area (Å²) in [6.45, 7) is 2.41. The Bertz CT molecular complexity index is 954. The van der Waals surface area contributed by atoms with Crippen LogP contribution in [0.3, 0.4) is 0 Å². The number of hydrogen-bond donors (Lipinski definition) is 2. The number of nitrogens with one attached hydrogen (secondary N) is 2. The molecule has 0 aliphatic carbocycles. The lowest BCUT2D eigenvalue weighted by Crippen LogP contribution is -2.36. The van der Waals surface area contributed by atoms with E-state index in [1.807, 2.05) is 43.3 Å². The number of aromatic nitrogens is 1. The standard InChI is InChI=1S/C22H22N4O2/c1-16-8-10-19(11-9-16)25-22(24-15-17-5-4-12-23-14-17)26-21(27)18-6-3-7-20(13-18)28-2/h3-14H,15H2,1-2H3,(H2,24,25,26,27). The molecular weight excluding hydrogens is 352 g/mol. The Balaban J connectivity index is 1.79. The van der Waals surface area contributed by atoms with Gasteiger partial charge >= 0.3 is 0 Å². The first kappa shape index (κ1) is 19.1. The number of pyridine rings is 1. The number of ether oxygens (including phenoxy) is 1. The number of benzene rings is 2. The molecule has 0 aliphatic rings. The van der Waals surface area contributed by atoms with Crippen LogP contribution in [-0.4, -0.2) is 24.0 Å². The van der Waals surface area contributed by atoms with Crippen LogP contribution in [0.25, 0.3) is 0 Å². The molecule has 142 valence electrons. The third kappa shape index (κ3) is 5.41. The van der Waals surface area contributed by atoms with Gasteiger partial charge in [0.1, 0.15) is 5.75 Å². The molecule has 3 aromatic rings. The molecule has 0 radical (unpaired) electrons. The van der Waals surface area contributed by atoms with Gasteiger partial charge in [-0.2, -0.15) is 0 Å². The summed E-state index contributed by atoms with van der Waals surface area (Å²) in [6.07, 6.45) is 3.46. The first-order valence-electron chi connectivity index (χ1n) is 8.86. The normalized spacial score (nSPS) is 11.0. The average molecular weight is 374 g/mol. The number of rotatable bonds is 5. The van der Waals surface area contributed by atoms with E-state index in [2.05, 4.69) is 20.6 Å². The monoisotopic (exact) mass is 374 g/mol. The fourth-order valence-electron chi connectivity index (χ4n) is 2.49. The van der Waals surface area contributed by atoms with Crippen LogP contribution in [0.2, 0.25) is 0 Å². The number of aliphatic imine (C=N–C) groups is 1. The fraction of sp³-hybridized carbons (Fsp3) is 0.136. The van der Waals surface area contributed by atoms with E-state index in [9.17, 15) is 4.79 Å². The lowest BCUT2D eigenvalue weighted by Gasteiger charge is -2.12. The molecule has 2 N–H and O–H groups in total. The molecule has 1 amide bonds. The van der Waals surface area contributed by atoms with Crippen molar-refractivity contribution in [2.45, 2.75) is 13.5 Å². The molecule has 1 aromatic heterocycles. The van der Waals surface area contributed by atoms with Gasteiger partial charge in [-0.25, -0.2) is 4.99 Å². The minimum Gasteiger partial charge on any atom is -0.497 e. The SMILES string of the molecule is COc1cccc(C(=O)NC(=NCc2cccnc2)Nc2ccc(C)cc2)c1. The molecule has 6 heteroatoms.